The number of hydrogen-bond donors (Lipinski definition) is 2. The number of rotatable bonds is 5. The third-order valence-corrected chi connectivity index (χ3v) is 6.34. The van der Waals surface area contributed by atoms with Gasteiger partial charge in [-0.3, -0.25) is 0 Å². The molecule has 4 aliphatic rings. The van der Waals surface area contributed by atoms with Crippen molar-refractivity contribution >= 4 is 5.69 Å². The average Bonchev–Trinajstić information content (AvgIpc) is 3.02. The molecule has 0 saturated carbocycles. The first-order chi connectivity index (χ1) is 10.7. The monoisotopic (exact) mass is 303 g/mol. The van der Waals surface area contributed by atoms with Crippen molar-refractivity contribution in [1.29, 1.82) is 0 Å². The van der Waals surface area contributed by atoms with Gasteiger partial charge in [0, 0.05) is 30.8 Å². The first kappa shape index (κ1) is 14.5. The Bertz CT molecular complexity index is 533. The lowest BCUT2D eigenvalue weighted by molar-refractivity contribution is -1.09. The second kappa shape index (κ2) is 5.52. The van der Waals surface area contributed by atoms with Crippen molar-refractivity contribution in [1.82, 2.24) is 0 Å². The van der Waals surface area contributed by atoms with Crippen LogP contribution in [-0.4, -0.2) is 73.0 Å². The molecule has 1 aromatic carbocycles. The highest BCUT2D eigenvalue weighted by molar-refractivity contribution is 5.56. The van der Waals surface area contributed by atoms with Gasteiger partial charge in [0.05, 0.1) is 6.54 Å². The molecule has 5 rings (SSSR count). The Hall–Kier alpha value is -1.10. The van der Waals surface area contributed by atoms with Gasteiger partial charge in [0.2, 0.25) is 0 Å². The normalized spacial score (nSPS) is 32.8. The van der Waals surface area contributed by atoms with E-state index in [1.807, 2.05) is 0 Å². The molecule has 0 aromatic heterocycles. The molecule has 4 nitrogen and oxygen atoms in total. The van der Waals surface area contributed by atoms with Crippen LogP contribution in [0.1, 0.15) is 17.5 Å². The van der Waals surface area contributed by atoms with Gasteiger partial charge in [-0.25, -0.2) is 0 Å². The summed E-state index contributed by atoms with van der Waals surface area (Å²) in [4.78, 5) is 0. The molecule has 22 heavy (non-hydrogen) atoms. The van der Waals surface area contributed by atoms with E-state index < -0.39 is 0 Å². The lowest BCUT2D eigenvalue weighted by atomic mass is 10.0. The predicted octanol–water partition coefficient (Wildman–Crippen LogP) is 1.20. The summed E-state index contributed by atoms with van der Waals surface area (Å²) >= 11 is 0. The first-order valence-corrected chi connectivity index (χ1v) is 8.89. The third-order valence-electron chi connectivity index (χ3n) is 6.34. The molecule has 0 unspecified atom stereocenters. The van der Waals surface area contributed by atoms with Crippen LogP contribution in [0.25, 0.3) is 0 Å². The number of piperazine rings is 3. The van der Waals surface area contributed by atoms with E-state index >= 15 is 0 Å². The zero-order valence-corrected chi connectivity index (χ0v) is 13.6. The highest BCUT2D eigenvalue weighted by Gasteiger charge is 2.48. The molecule has 3 saturated heterocycles. The summed E-state index contributed by atoms with van der Waals surface area (Å²) in [5.74, 6) is 0. The van der Waals surface area contributed by atoms with Gasteiger partial charge in [-0.1, -0.05) is 12.1 Å². The number of hydrogen-bond acceptors (Lipinski definition) is 2. The smallest absolute Gasteiger partial charge is 0.129 e. The molecule has 2 bridgehead atoms. The molecule has 3 fully saturated rings. The highest BCUT2D eigenvalue weighted by atomic mass is 16.3. The maximum absolute atomic E-state index is 9.12. The number of fused-ring (bicyclic) bond motifs is 4. The zero-order chi connectivity index (χ0) is 15.0. The van der Waals surface area contributed by atoms with Gasteiger partial charge in [0.25, 0.3) is 0 Å². The van der Waals surface area contributed by atoms with Crippen LogP contribution < -0.4 is 5.32 Å². The van der Waals surface area contributed by atoms with Gasteiger partial charge in [-0.05, 0) is 18.1 Å². The Morgan fingerprint density at radius 1 is 1.00 bits per heavy atom. The molecule has 0 amide bonds. The molecule has 120 valence electrons. The number of nitrogens with one attached hydrogen (secondary N) is 1. The Kier molecular flexibility index (Phi) is 3.63. The van der Waals surface area contributed by atoms with Crippen LogP contribution in [0.5, 0.6) is 0 Å². The van der Waals surface area contributed by atoms with E-state index in [9.17, 15) is 0 Å². The largest absolute Gasteiger partial charge is 0.396 e. The molecule has 1 aromatic rings. The van der Waals surface area contributed by atoms with Crippen LogP contribution in [0, 0.1) is 0 Å². The van der Waals surface area contributed by atoms with Crippen molar-refractivity contribution in [3.8, 4) is 0 Å². The molecule has 0 radical (unpaired) electrons. The fourth-order valence-corrected chi connectivity index (χ4v) is 4.75. The lowest BCUT2D eigenvalue weighted by Gasteiger charge is -2.55. The number of aliphatic hydroxyl groups excluding tert-OH is 1. The van der Waals surface area contributed by atoms with Crippen LogP contribution >= 0.6 is 0 Å². The summed E-state index contributed by atoms with van der Waals surface area (Å²) in [6, 6.07) is 7.08. The first-order valence-electron chi connectivity index (χ1n) is 8.89. The summed E-state index contributed by atoms with van der Waals surface area (Å²) in [6.45, 7) is 11.7. The van der Waals surface area contributed by atoms with Gasteiger partial charge in [-0.15, -0.1) is 0 Å². The molecule has 4 heterocycles. The van der Waals surface area contributed by atoms with Gasteiger partial charge in [0.1, 0.15) is 45.8 Å². The number of quaternary nitrogens is 2. The maximum Gasteiger partial charge on any atom is 0.129 e. The van der Waals surface area contributed by atoms with E-state index in [0.717, 1.165) is 13.0 Å². The van der Waals surface area contributed by atoms with Crippen LogP contribution in [0.15, 0.2) is 18.2 Å². The van der Waals surface area contributed by atoms with Crippen molar-refractivity contribution in [2.75, 3.05) is 64.3 Å². The third kappa shape index (κ3) is 2.53. The topological polar surface area (TPSA) is 32.3 Å². The minimum Gasteiger partial charge on any atom is -0.396 e. The van der Waals surface area contributed by atoms with Gasteiger partial charge in [0.15, 0.2) is 0 Å². The van der Waals surface area contributed by atoms with E-state index in [-0.39, 0.29) is 0 Å². The van der Waals surface area contributed by atoms with E-state index in [2.05, 4.69) is 23.5 Å². The van der Waals surface area contributed by atoms with E-state index in [1.54, 1.807) is 0 Å². The molecule has 0 spiro atoms. The van der Waals surface area contributed by atoms with Crippen molar-refractivity contribution in [2.24, 2.45) is 0 Å². The minimum atomic E-state index is 0.349. The minimum absolute atomic E-state index is 0.349. The molecular weight excluding hydrogens is 274 g/mol. The van der Waals surface area contributed by atoms with Gasteiger partial charge < -0.3 is 19.4 Å². The quantitative estimate of drug-likeness (QED) is 0.801. The Morgan fingerprint density at radius 2 is 1.73 bits per heavy atom. The van der Waals surface area contributed by atoms with Crippen LogP contribution in [0.2, 0.25) is 0 Å². The summed E-state index contributed by atoms with van der Waals surface area (Å²) in [7, 11) is 0. The van der Waals surface area contributed by atoms with Crippen molar-refractivity contribution < 1.29 is 14.1 Å². The van der Waals surface area contributed by atoms with E-state index in [0.29, 0.717) is 6.61 Å². The molecule has 0 aliphatic carbocycles. The zero-order valence-electron chi connectivity index (χ0n) is 13.6. The summed E-state index contributed by atoms with van der Waals surface area (Å²) < 4.78 is 2.56. The Morgan fingerprint density at radius 3 is 2.45 bits per heavy atom. The molecule has 4 heteroatoms. The number of benzene rings is 1. The van der Waals surface area contributed by atoms with Crippen molar-refractivity contribution in [2.45, 2.75) is 19.4 Å². The number of aliphatic hydroxyl groups is 1. The molecular formula is C18H29N3O+2. The van der Waals surface area contributed by atoms with Gasteiger partial charge in [-0.2, -0.15) is 0 Å². The average molecular weight is 303 g/mol. The second-order valence-electron chi connectivity index (χ2n) is 7.65. The number of nitrogens with zero attached hydrogens (tertiary/aromatic N) is 2. The lowest BCUT2D eigenvalue weighted by Crippen LogP contribution is -2.74. The molecule has 0 atom stereocenters. The fourth-order valence-electron chi connectivity index (χ4n) is 4.75. The van der Waals surface area contributed by atoms with Crippen LogP contribution in [0.4, 0.5) is 5.69 Å². The summed E-state index contributed by atoms with van der Waals surface area (Å²) in [5, 5.41) is 12.6. The van der Waals surface area contributed by atoms with Crippen molar-refractivity contribution in [3.05, 3.63) is 29.3 Å². The molecule has 2 N–H and O–H groups in total. The van der Waals surface area contributed by atoms with Gasteiger partial charge >= 0.3 is 0 Å². The standard InChI is InChI=1S/C18H29N3O/c22-13-1-6-20-7-10-21(11-8-20,12-9-20)15-16-2-3-17-4-5-19-18(17)14-16/h2-3,14,19,22H,1,4-13,15H2/q+2. The molecule has 4 aliphatic heterocycles. The predicted molar refractivity (Wildman–Crippen MR) is 88.6 cm³/mol. The maximum atomic E-state index is 9.12. The highest BCUT2D eigenvalue weighted by Crippen LogP contribution is 2.31. The summed E-state index contributed by atoms with van der Waals surface area (Å²) in [6.07, 6.45) is 2.15. The van der Waals surface area contributed by atoms with Crippen LogP contribution in [0.3, 0.4) is 0 Å². The van der Waals surface area contributed by atoms with E-state index in [1.165, 1.54) is 84.6 Å². The second-order valence-corrected chi connectivity index (χ2v) is 7.65. The number of anilines is 1. The van der Waals surface area contributed by atoms with Crippen LogP contribution in [-0.2, 0) is 13.0 Å². The Labute approximate surface area is 133 Å². The van der Waals surface area contributed by atoms with E-state index in [4.69, 9.17) is 5.11 Å². The van der Waals surface area contributed by atoms with Crippen molar-refractivity contribution in [3.63, 3.8) is 0 Å². The summed E-state index contributed by atoms with van der Waals surface area (Å²) in [5.41, 5.74) is 4.36. The fraction of sp³-hybridized carbons (Fsp3) is 0.667. The Balaban J connectivity index is 1.44. The SMILES string of the molecule is OCCC[N+]12CC[N+](Cc3ccc4c(c3)NCC4)(CC1)CC2.